The monoisotopic (exact) mass is 380 g/mol. The Morgan fingerprint density at radius 1 is 0.517 bits per heavy atom. The van der Waals surface area contributed by atoms with Crippen LogP contribution in [-0.4, -0.2) is 28.2 Å². The summed E-state index contributed by atoms with van der Waals surface area (Å²) in [6.07, 6.45) is 0. The molecule has 2 aliphatic rings. The molecule has 0 unspecified atom stereocenters. The standard InChI is InChI=1S/C27H28N2/c1-28(2)23-15-10-21(11-16-23)27(22-12-17-24(18-13-22)29(3)4)26-19-14-20-8-6-5-7-9-25(20)26/h5-19,27H,1-4H3. The second-order valence-corrected chi connectivity index (χ2v) is 7.97. The van der Waals surface area contributed by atoms with Crippen molar-refractivity contribution in [3.63, 3.8) is 0 Å². The van der Waals surface area contributed by atoms with Crippen LogP contribution in [0.3, 0.4) is 0 Å². The van der Waals surface area contributed by atoms with Gasteiger partial charge in [-0.15, -0.1) is 0 Å². The molecule has 0 saturated heterocycles. The normalized spacial score (nSPS) is 11.1. The van der Waals surface area contributed by atoms with Crippen LogP contribution in [0.5, 0.6) is 0 Å². The quantitative estimate of drug-likeness (QED) is 0.412. The third-order valence-corrected chi connectivity index (χ3v) is 5.62. The van der Waals surface area contributed by atoms with E-state index < -0.39 is 0 Å². The van der Waals surface area contributed by atoms with Crippen LogP contribution < -0.4 is 9.80 Å². The van der Waals surface area contributed by atoms with Gasteiger partial charge in [-0.25, -0.2) is 0 Å². The van der Waals surface area contributed by atoms with E-state index in [4.69, 9.17) is 0 Å². The van der Waals surface area contributed by atoms with Crippen molar-refractivity contribution in [2.45, 2.75) is 5.92 Å². The molecule has 0 bridgehead atoms. The predicted molar refractivity (Wildman–Crippen MR) is 126 cm³/mol. The average Bonchev–Trinajstić information content (AvgIpc) is 2.96. The first-order valence-electron chi connectivity index (χ1n) is 10.1. The average molecular weight is 381 g/mol. The molecular formula is C27H28N2. The van der Waals surface area contributed by atoms with Gasteiger partial charge in [0, 0.05) is 45.5 Å². The molecule has 146 valence electrons. The fourth-order valence-electron chi connectivity index (χ4n) is 3.97. The maximum absolute atomic E-state index is 2.29. The first-order chi connectivity index (χ1) is 14.0. The van der Waals surface area contributed by atoms with Crippen molar-refractivity contribution in [3.05, 3.63) is 108 Å². The Balaban J connectivity index is 1.85. The van der Waals surface area contributed by atoms with E-state index in [1.165, 1.54) is 39.2 Å². The Bertz CT molecular complexity index is 995. The Morgan fingerprint density at radius 3 is 1.55 bits per heavy atom. The van der Waals surface area contributed by atoms with Crippen LogP contribution in [0.25, 0.3) is 11.1 Å². The lowest BCUT2D eigenvalue weighted by atomic mass is 9.84. The molecule has 0 aromatic heterocycles. The van der Waals surface area contributed by atoms with Crippen LogP contribution in [0.1, 0.15) is 22.6 Å². The number of anilines is 2. The summed E-state index contributed by atoms with van der Waals surface area (Å²) >= 11 is 0. The van der Waals surface area contributed by atoms with Gasteiger partial charge in [-0.05, 0) is 52.1 Å². The first kappa shape index (κ1) is 19.1. The second-order valence-electron chi connectivity index (χ2n) is 7.97. The molecule has 2 aromatic carbocycles. The van der Waals surface area contributed by atoms with E-state index in [2.05, 4.69) is 129 Å². The summed E-state index contributed by atoms with van der Waals surface area (Å²) in [4.78, 5) is 4.28. The smallest absolute Gasteiger partial charge is 0.0361 e. The molecule has 29 heavy (non-hydrogen) atoms. The minimum atomic E-state index is 0.197. The van der Waals surface area contributed by atoms with Crippen LogP contribution in [0.2, 0.25) is 0 Å². The third kappa shape index (κ3) is 3.84. The van der Waals surface area contributed by atoms with Crippen molar-refractivity contribution in [2.75, 3.05) is 38.0 Å². The van der Waals surface area contributed by atoms with Crippen LogP contribution >= 0.6 is 0 Å². The van der Waals surface area contributed by atoms with Crippen molar-refractivity contribution < 1.29 is 0 Å². The molecule has 0 N–H and O–H groups in total. The van der Waals surface area contributed by atoms with Gasteiger partial charge in [0.25, 0.3) is 0 Å². The predicted octanol–water partition coefficient (Wildman–Crippen LogP) is 6.10. The van der Waals surface area contributed by atoms with Gasteiger partial charge in [0.05, 0.1) is 0 Å². The van der Waals surface area contributed by atoms with Crippen LogP contribution in [0, 0.1) is 0 Å². The van der Waals surface area contributed by atoms with Gasteiger partial charge in [-0.2, -0.15) is 0 Å². The van der Waals surface area contributed by atoms with E-state index in [1.54, 1.807) is 0 Å². The lowest BCUT2D eigenvalue weighted by molar-refractivity contribution is 0.981. The van der Waals surface area contributed by atoms with Gasteiger partial charge >= 0.3 is 0 Å². The molecule has 0 amide bonds. The van der Waals surface area contributed by atoms with Crippen molar-refractivity contribution in [2.24, 2.45) is 0 Å². The maximum Gasteiger partial charge on any atom is 0.0361 e. The second kappa shape index (κ2) is 8.00. The Kier molecular flexibility index (Phi) is 5.26. The third-order valence-electron chi connectivity index (χ3n) is 5.62. The van der Waals surface area contributed by atoms with Crippen molar-refractivity contribution in [3.8, 4) is 11.1 Å². The SMILES string of the molecule is CN(C)c1ccc(C(c2ccc(N(C)C)cc2)c2ccc3cccccc2-3)cc1. The van der Waals surface area contributed by atoms with Gasteiger partial charge < -0.3 is 9.80 Å². The molecule has 0 atom stereocenters. The largest absolute Gasteiger partial charge is 0.378 e. The lowest BCUT2D eigenvalue weighted by Gasteiger charge is -2.22. The van der Waals surface area contributed by atoms with E-state index in [0.29, 0.717) is 0 Å². The van der Waals surface area contributed by atoms with Crippen LogP contribution in [0.15, 0.2) is 91.0 Å². The van der Waals surface area contributed by atoms with Crippen molar-refractivity contribution >= 4 is 11.4 Å². The number of benzene rings is 2. The summed E-state index contributed by atoms with van der Waals surface area (Å²) in [5.41, 5.74) is 9.01. The van der Waals surface area contributed by atoms with E-state index in [-0.39, 0.29) is 5.92 Å². The van der Waals surface area contributed by atoms with Gasteiger partial charge in [-0.1, -0.05) is 66.7 Å². The van der Waals surface area contributed by atoms with E-state index in [1.807, 2.05) is 0 Å². The number of hydrogen-bond acceptors (Lipinski definition) is 2. The number of nitrogens with zero attached hydrogens (tertiary/aromatic N) is 2. The summed E-state index contributed by atoms with van der Waals surface area (Å²) in [5.74, 6) is 0.197. The molecule has 0 radical (unpaired) electrons. The topological polar surface area (TPSA) is 6.48 Å². The molecule has 0 saturated carbocycles. The van der Waals surface area contributed by atoms with E-state index >= 15 is 0 Å². The molecule has 0 heterocycles. The fourth-order valence-corrected chi connectivity index (χ4v) is 3.97. The van der Waals surface area contributed by atoms with Crippen molar-refractivity contribution in [1.29, 1.82) is 0 Å². The van der Waals surface area contributed by atoms with Crippen molar-refractivity contribution in [1.82, 2.24) is 0 Å². The van der Waals surface area contributed by atoms with Crippen LogP contribution in [0.4, 0.5) is 11.4 Å². The Hall–Kier alpha value is -3.26. The summed E-state index contributed by atoms with van der Waals surface area (Å²) in [6, 6.07) is 33.2. The highest BCUT2D eigenvalue weighted by molar-refractivity contribution is 5.73. The molecular weight excluding hydrogens is 352 g/mol. The highest BCUT2D eigenvalue weighted by Crippen LogP contribution is 2.40. The number of fused-ring (bicyclic) bond motifs is 1. The maximum atomic E-state index is 2.29. The minimum absolute atomic E-state index is 0.197. The molecule has 4 rings (SSSR count). The summed E-state index contributed by atoms with van der Waals surface area (Å²) in [5, 5.41) is 0. The molecule has 2 nitrogen and oxygen atoms in total. The zero-order chi connectivity index (χ0) is 20.4. The number of hydrogen-bond donors (Lipinski definition) is 0. The molecule has 2 aromatic rings. The number of rotatable bonds is 5. The summed E-state index contributed by atoms with van der Waals surface area (Å²) < 4.78 is 0. The van der Waals surface area contributed by atoms with E-state index in [0.717, 1.165) is 0 Å². The van der Waals surface area contributed by atoms with Gasteiger partial charge in [0.2, 0.25) is 0 Å². The zero-order valence-corrected chi connectivity index (χ0v) is 17.6. The Morgan fingerprint density at radius 2 is 1.03 bits per heavy atom. The van der Waals surface area contributed by atoms with E-state index in [9.17, 15) is 0 Å². The molecule has 0 spiro atoms. The lowest BCUT2D eigenvalue weighted by Crippen LogP contribution is -2.10. The van der Waals surface area contributed by atoms with Gasteiger partial charge in [0.15, 0.2) is 0 Å². The molecule has 0 fully saturated rings. The molecule has 0 aliphatic heterocycles. The molecule has 2 aliphatic carbocycles. The summed E-state index contributed by atoms with van der Waals surface area (Å²) in [7, 11) is 8.32. The zero-order valence-electron chi connectivity index (χ0n) is 17.6. The van der Waals surface area contributed by atoms with Crippen LogP contribution in [-0.2, 0) is 0 Å². The highest BCUT2D eigenvalue weighted by Gasteiger charge is 2.22. The highest BCUT2D eigenvalue weighted by atomic mass is 15.1. The van der Waals surface area contributed by atoms with Gasteiger partial charge in [-0.3, -0.25) is 0 Å². The first-order valence-corrected chi connectivity index (χ1v) is 10.1. The minimum Gasteiger partial charge on any atom is -0.378 e. The van der Waals surface area contributed by atoms with Gasteiger partial charge in [0.1, 0.15) is 0 Å². The fraction of sp³-hybridized carbons (Fsp3) is 0.185. The Labute approximate surface area is 174 Å². The molecule has 2 heteroatoms. The summed E-state index contributed by atoms with van der Waals surface area (Å²) in [6.45, 7) is 0.